The van der Waals surface area contributed by atoms with Gasteiger partial charge in [-0.15, -0.1) is 0 Å². The van der Waals surface area contributed by atoms with E-state index in [1.54, 1.807) is 0 Å². The van der Waals surface area contributed by atoms with E-state index in [-0.39, 0.29) is 67.7 Å². The average molecular weight is 256 g/mol. The van der Waals surface area contributed by atoms with E-state index in [2.05, 4.69) is 0 Å². The van der Waals surface area contributed by atoms with Crippen molar-refractivity contribution in [3.8, 4) is 0 Å². The van der Waals surface area contributed by atoms with Gasteiger partial charge in [-0.1, -0.05) is 0 Å². The van der Waals surface area contributed by atoms with Gasteiger partial charge in [0.25, 0.3) is 0 Å². The van der Waals surface area contributed by atoms with E-state index in [0.717, 1.165) is 0 Å². The van der Waals surface area contributed by atoms with Crippen molar-refractivity contribution in [2.45, 2.75) is 0 Å². The first kappa shape index (κ1) is 15.9. The molecule has 0 heterocycles. The third kappa shape index (κ3) is 8.83. The van der Waals surface area contributed by atoms with Crippen LogP contribution in [0.2, 0.25) is 0 Å². The van der Waals surface area contributed by atoms with E-state index in [1.165, 1.54) is 0 Å². The summed E-state index contributed by atoms with van der Waals surface area (Å²) >= 11 is 0.500. The molecule has 0 saturated carbocycles. The summed E-state index contributed by atoms with van der Waals surface area (Å²) in [5.41, 5.74) is 0. The van der Waals surface area contributed by atoms with Gasteiger partial charge in [0, 0.05) is 0 Å². The van der Waals surface area contributed by atoms with Crippen LogP contribution >= 0.6 is 0 Å². The van der Waals surface area contributed by atoms with Crippen molar-refractivity contribution in [3.05, 3.63) is 0 Å². The fraction of sp³-hybridized carbons (Fsp3) is 0. The molecule has 0 unspecified atom stereocenters. The van der Waals surface area contributed by atoms with E-state index in [1.807, 2.05) is 0 Å². The second-order valence-corrected chi connectivity index (χ2v) is 0. The van der Waals surface area contributed by atoms with E-state index >= 15 is 0 Å². The van der Waals surface area contributed by atoms with Crippen LogP contribution in [-0.4, -0.2) is 67.7 Å². The summed E-state index contributed by atoms with van der Waals surface area (Å²) < 4.78 is 8.30. The molecule has 0 aromatic heterocycles. The van der Waals surface area contributed by atoms with Crippen LogP contribution in [-0.2, 0) is 24.3 Å². The molecule has 0 amide bonds. The Bertz CT molecular complexity index is 8.00. The standard InChI is InChI=1S/Ba.Li.Nb.O.3H. The number of hydrogen-bond acceptors (Lipinski definition) is 1. The fourth-order valence-corrected chi connectivity index (χ4v) is 0. The zero-order chi connectivity index (χ0) is 2.00. The maximum atomic E-state index is 8.30. The van der Waals surface area contributed by atoms with Gasteiger partial charge in [-0.25, -0.2) is 0 Å². The molecule has 0 aromatic carbocycles. The van der Waals surface area contributed by atoms with Gasteiger partial charge >= 0.3 is 92.0 Å². The minimum atomic E-state index is 0. The Hall–Kier alpha value is 2.71. The van der Waals surface area contributed by atoms with E-state index in [4.69, 9.17) is 3.25 Å². The van der Waals surface area contributed by atoms with Crippen molar-refractivity contribution in [1.82, 2.24) is 0 Å². The molecule has 0 aliphatic heterocycles. The number of rotatable bonds is 0. The van der Waals surface area contributed by atoms with Crippen molar-refractivity contribution in [3.63, 3.8) is 0 Å². The van der Waals surface area contributed by atoms with Crippen LogP contribution in [0.4, 0.5) is 0 Å². The van der Waals surface area contributed by atoms with Crippen molar-refractivity contribution in [1.29, 1.82) is 0 Å². The first-order chi connectivity index (χ1) is 1.00. The topological polar surface area (TPSA) is 17.1 Å². The summed E-state index contributed by atoms with van der Waals surface area (Å²) in [7, 11) is 0. The predicted octanol–water partition coefficient (Wildman–Crippen LogP) is -1.69. The molecule has 0 spiro atoms. The van der Waals surface area contributed by atoms with Crippen molar-refractivity contribution in [2.24, 2.45) is 0 Å². The van der Waals surface area contributed by atoms with Crippen molar-refractivity contribution >= 4 is 67.7 Å². The van der Waals surface area contributed by atoms with Gasteiger partial charge in [-0.05, 0) is 0 Å². The summed E-state index contributed by atoms with van der Waals surface area (Å²) in [6, 6.07) is 0. The molecule has 0 aliphatic carbocycles. The Balaban J connectivity index is -0.00000000500. The molecule has 0 saturated heterocycles. The molecule has 0 N–H and O–H groups in total. The van der Waals surface area contributed by atoms with E-state index in [0.29, 0.717) is 21.0 Å². The van der Waals surface area contributed by atoms with Crippen molar-refractivity contribution in [2.75, 3.05) is 0 Å². The van der Waals surface area contributed by atoms with Crippen molar-refractivity contribution < 1.29 is 24.3 Å². The molecule has 4 heavy (non-hydrogen) atoms. The Morgan fingerprint density at radius 2 is 1.25 bits per heavy atom. The molecule has 0 aliphatic rings. The predicted molar refractivity (Wildman–Crippen MR) is 16.4 cm³/mol. The molecule has 0 radical (unpaired) electrons. The summed E-state index contributed by atoms with van der Waals surface area (Å²) in [5.74, 6) is 0. The monoisotopic (exact) mass is 257 g/mol. The van der Waals surface area contributed by atoms with Gasteiger partial charge in [0.2, 0.25) is 0 Å². The van der Waals surface area contributed by atoms with Gasteiger partial charge in [-0.3, -0.25) is 0 Å². The third-order valence-electron chi connectivity index (χ3n) is 0. The molecule has 1 nitrogen and oxygen atoms in total. The SMILES string of the molecule is [BaH2].[LiH].[O]=[Nb]. The minimum absolute atomic E-state index is 0. The fourth-order valence-electron chi connectivity index (χ4n) is 0. The van der Waals surface area contributed by atoms with Crippen LogP contribution in [0.15, 0.2) is 0 Å². The first-order valence-electron chi connectivity index (χ1n) is 0.183. The van der Waals surface area contributed by atoms with Gasteiger partial charge in [-0.2, -0.15) is 0 Å². The first-order valence-corrected chi connectivity index (χ1v) is 1.08. The van der Waals surface area contributed by atoms with Gasteiger partial charge in [0.05, 0.1) is 0 Å². The maximum absolute atomic E-state index is 8.30. The summed E-state index contributed by atoms with van der Waals surface area (Å²) in [5, 5.41) is 0. The summed E-state index contributed by atoms with van der Waals surface area (Å²) in [4.78, 5) is 0. The Morgan fingerprint density at radius 3 is 1.25 bits per heavy atom. The summed E-state index contributed by atoms with van der Waals surface area (Å²) in [6.45, 7) is 0. The van der Waals surface area contributed by atoms with E-state index in [9.17, 15) is 0 Å². The zero-order valence-electron chi connectivity index (χ0n) is 0.855. The quantitative estimate of drug-likeness (QED) is 0.473. The Labute approximate surface area is 89.8 Å². The van der Waals surface area contributed by atoms with Crippen LogP contribution in [0.5, 0.6) is 0 Å². The third-order valence-corrected chi connectivity index (χ3v) is 0. The van der Waals surface area contributed by atoms with Crippen LogP contribution in [0.3, 0.4) is 0 Å². The molecule has 0 atom stereocenters. The summed E-state index contributed by atoms with van der Waals surface area (Å²) in [6.07, 6.45) is 0. The molecule has 4 heteroatoms. The normalized spacial score (nSPS) is 0.750. The van der Waals surface area contributed by atoms with Crippen LogP contribution < -0.4 is 0 Å². The second-order valence-electron chi connectivity index (χ2n) is 0. The van der Waals surface area contributed by atoms with Crippen LogP contribution in [0.25, 0.3) is 0 Å². The average Bonchev–Trinajstić information content (AvgIpc) is 1.00. The molecular formula is H3BaLiNbO. The molecule has 0 fully saturated rings. The Kier molecular flexibility index (Phi) is 68.5. The molecule has 0 aromatic rings. The van der Waals surface area contributed by atoms with Gasteiger partial charge in [0.1, 0.15) is 0 Å². The van der Waals surface area contributed by atoms with Gasteiger partial charge in [0.15, 0.2) is 0 Å². The second kappa shape index (κ2) is 17.3. The molecular weight excluding hydrogens is 253 g/mol. The van der Waals surface area contributed by atoms with E-state index < -0.39 is 0 Å². The zero-order valence-corrected chi connectivity index (χ0v) is 3.05. The molecule has 17 valence electrons. The molecule has 0 rings (SSSR count). The van der Waals surface area contributed by atoms with Crippen LogP contribution in [0.1, 0.15) is 0 Å². The number of hydrogen-bond donors (Lipinski definition) is 0. The van der Waals surface area contributed by atoms with Gasteiger partial charge < -0.3 is 0 Å². The Morgan fingerprint density at radius 1 is 1.25 bits per heavy atom. The molecule has 0 bridgehead atoms. The van der Waals surface area contributed by atoms with Crippen LogP contribution in [0, 0.1) is 0 Å².